The van der Waals surface area contributed by atoms with E-state index in [1.165, 1.54) is 18.4 Å². The third-order valence-electron chi connectivity index (χ3n) is 2.50. The zero-order valence-corrected chi connectivity index (χ0v) is 6.82. The van der Waals surface area contributed by atoms with E-state index in [1.807, 2.05) is 0 Å². The fraction of sp³-hybridized carbons (Fsp3) is 0.750. The highest BCUT2D eigenvalue weighted by molar-refractivity contribution is 7.86. The zero-order valence-electron chi connectivity index (χ0n) is 6.01. The van der Waals surface area contributed by atoms with Crippen LogP contribution in [0, 0.1) is 0 Å². The highest BCUT2D eigenvalue weighted by atomic mass is 32.2. The molecule has 0 amide bonds. The molecule has 2 heterocycles. The average Bonchev–Trinajstić information content (AvgIpc) is 2.20. The molecule has 0 aromatic rings. The molecule has 0 spiro atoms. The molecule has 2 aliphatic rings. The summed E-state index contributed by atoms with van der Waals surface area (Å²) in [6, 6.07) is 0. The second-order valence-corrected chi connectivity index (χ2v) is 5.30. The summed E-state index contributed by atoms with van der Waals surface area (Å²) in [5.41, 5.74) is 1.33. The second kappa shape index (κ2) is 2.19. The number of hydrogen-bond acceptors (Lipinski definition) is 1. The number of hydrogen-bond donors (Lipinski definition) is 0. The zero-order chi connectivity index (χ0) is 7.14. The molecule has 0 aliphatic carbocycles. The summed E-state index contributed by atoms with van der Waals surface area (Å²) in [5.74, 6) is 0. The molecule has 2 bridgehead atoms. The van der Waals surface area contributed by atoms with E-state index in [4.69, 9.17) is 0 Å². The number of allylic oxidation sites excluding steroid dienone is 1. The molecular formula is C8H12OS. The maximum absolute atomic E-state index is 11.4. The van der Waals surface area contributed by atoms with Gasteiger partial charge in [0.1, 0.15) is 0 Å². The third kappa shape index (κ3) is 0.858. The van der Waals surface area contributed by atoms with E-state index in [2.05, 4.69) is 6.58 Å². The quantitative estimate of drug-likeness (QED) is 0.487. The molecule has 2 atom stereocenters. The first-order valence-electron chi connectivity index (χ1n) is 3.83. The average molecular weight is 156 g/mol. The maximum atomic E-state index is 11.4. The lowest BCUT2D eigenvalue weighted by Gasteiger charge is -2.19. The van der Waals surface area contributed by atoms with Crippen LogP contribution in [0.25, 0.3) is 0 Å². The van der Waals surface area contributed by atoms with Crippen molar-refractivity contribution < 1.29 is 4.21 Å². The predicted octanol–water partition coefficient (Wildman–Crippen LogP) is 1.62. The summed E-state index contributed by atoms with van der Waals surface area (Å²) in [7, 11) is -0.500. The molecule has 2 aliphatic heterocycles. The van der Waals surface area contributed by atoms with E-state index in [1.54, 1.807) is 0 Å². The first kappa shape index (κ1) is 6.59. The lowest BCUT2D eigenvalue weighted by atomic mass is 10.1. The van der Waals surface area contributed by atoms with Crippen molar-refractivity contribution in [1.82, 2.24) is 0 Å². The minimum atomic E-state index is -0.500. The molecule has 2 unspecified atom stereocenters. The van der Waals surface area contributed by atoms with Gasteiger partial charge in [0.2, 0.25) is 0 Å². The van der Waals surface area contributed by atoms with Crippen molar-refractivity contribution >= 4 is 10.8 Å². The molecule has 2 heteroatoms. The second-order valence-electron chi connectivity index (χ2n) is 3.31. The van der Waals surface area contributed by atoms with E-state index < -0.39 is 10.8 Å². The molecule has 10 heavy (non-hydrogen) atoms. The minimum absolute atomic E-state index is 0.478. The van der Waals surface area contributed by atoms with Gasteiger partial charge in [-0.2, -0.15) is 0 Å². The van der Waals surface area contributed by atoms with Crippen LogP contribution in [-0.2, 0) is 10.8 Å². The Balaban J connectivity index is 2.24. The fourth-order valence-corrected chi connectivity index (χ4v) is 4.05. The van der Waals surface area contributed by atoms with E-state index in [0.29, 0.717) is 10.5 Å². The van der Waals surface area contributed by atoms with E-state index in [0.717, 1.165) is 12.8 Å². The van der Waals surface area contributed by atoms with Crippen molar-refractivity contribution in [3.8, 4) is 0 Å². The van der Waals surface area contributed by atoms with Crippen LogP contribution in [-0.4, -0.2) is 14.7 Å². The van der Waals surface area contributed by atoms with Gasteiger partial charge in [0, 0.05) is 21.3 Å². The Morgan fingerprint density at radius 2 is 1.80 bits per heavy atom. The van der Waals surface area contributed by atoms with Gasteiger partial charge in [-0.25, -0.2) is 0 Å². The van der Waals surface area contributed by atoms with Crippen LogP contribution < -0.4 is 0 Å². The van der Waals surface area contributed by atoms with Crippen molar-refractivity contribution in [2.45, 2.75) is 36.2 Å². The molecule has 2 saturated heterocycles. The Bertz CT molecular complexity index is 179. The summed E-state index contributed by atoms with van der Waals surface area (Å²) in [6.07, 6.45) is 4.42. The van der Waals surface area contributed by atoms with Crippen LogP contribution in [0.15, 0.2) is 12.2 Å². The van der Waals surface area contributed by atoms with Crippen LogP contribution in [0.1, 0.15) is 25.7 Å². The van der Waals surface area contributed by atoms with Crippen LogP contribution in [0.3, 0.4) is 0 Å². The first-order chi connectivity index (χ1) is 4.77. The minimum Gasteiger partial charge on any atom is -0.259 e. The van der Waals surface area contributed by atoms with Crippen LogP contribution in [0.4, 0.5) is 0 Å². The first-order valence-corrected chi connectivity index (χ1v) is 5.11. The molecule has 2 fully saturated rings. The molecule has 0 aromatic heterocycles. The lowest BCUT2D eigenvalue weighted by Crippen LogP contribution is -2.22. The monoisotopic (exact) mass is 156 g/mol. The summed E-state index contributed by atoms with van der Waals surface area (Å²) in [4.78, 5) is 0. The SMILES string of the molecule is C=C1CC2CCC(C1)S2=O. The molecular weight excluding hydrogens is 144 g/mol. The lowest BCUT2D eigenvalue weighted by molar-refractivity contribution is 0.659. The summed E-state index contributed by atoms with van der Waals surface area (Å²) in [5, 5.41) is 0.956. The number of rotatable bonds is 0. The largest absolute Gasteiger partial charge is 0.259 e. The Kier molecular flexibility index (Phi) is 1.44. The van der Waals surface area contributed by atoms with Crippen molar-refractivity contribution in [3.63, 3.8) is 0 Å². The van der Waals surface area contributed by atoms with Crippen molar-refractivity contribution in [3.05, 3.63) is 12.2 Å². The normalized spacial score (nSPS) is 46.0. The van der Waals surface area contributed by atoms with Crippen molar-refractivity contribution in [2.24, 2.45) is 0 Å². The summed E-state index contributed by atoms with van der Waals surface area (Å²) < 4.78 is 11.4. The highest BCUT2D eigenvalue weighted by Gasteiger charge is 2.37. The van der Waals surface area contributed by atoms with Gasteiger partial charge in [0.15, 0.2) is 0 Å². The van der Waals surface area contributed by atoms with Crippen LogP contribution in [0.2, 0.25) is 0 Å². The molecule has 0 saturated carbocycles. The van der Waals surface area contributed by atoms with E-state index >= 15 is 0 Å². The van der Waals surface area contributed by atoms with Gasteiger partial charge >= 0.3 is 0 Å². The van der Waals surface area contributed by atoms with Gasteiger partial charge in [0.25, 0.3) is 0 Å². The van der Waals surface area contributed by atoms with Crippen LogP contribution in [0.5, 0.6) is 0 Å². The Labute approximate surface area is 64.0 Å². The smallest absolute Gasteiger partial charge is 0.0388 e. The van der Waals surface area contributed by atoms with Gasteiger partial charge in [-0.15, -0.1) is 0 Å². The molecule has 56 valence electrons. The summed E-state index contributed by atoms with van der Waals surface area (Å²) >= 11 is 0. The fourth-order valence-electron chi connectivity index (χ4n) is 1.97. The van der Waals surface area contributed by atoms with Gasteiger partial charge in [-0.05, 0) is 25.7 Å². The highest BCUT2D eigenvalue weighted by Crippen LogP contribution is 2.37. The number of fused-ring (bicyclic) bond motifs is 2. The van der Waals surface area contributed by atoms with E-state index in [-0.39, 0.29) is 0 Å². The van der Waals surface area contributed by atoms with Gasteiger partial charge < -0.3 is 0 Å². The summed E-state index contributed by atoms with van der Waals surface area (Å²) in [6.45, 7) is 3.96. The molecule has 1 nitrogen and oxygen atoms in total. The molecule has 2 rings (SSSR count). The Hall–Kier alpha value is -0.110. The standard InChI is InChI=1S/C8H12OS/c1-6-4-7-2-3-8(5-6)10(7)9/h7-8H,1-5H2. The molecule has 0 radical (unpaired) electrons. The van der Waals surface area contributed by atoms with Gasteiger partial charge in [-0.1, -0.05) is 12.2 Å². The van der Waals surface area contributed by atoms with Crippen molar-refractivity contribution in [2.75, 3.05) is 0 Å². The van der Waals surface area contributed by atoms with E-state index in [9.17, 15) is 4.21 Å². The Morgan fingerprint density at radius 1 is 1.30 bits per heavy atom. The van der Waals surface area contributed by atoms with Crippen molar-refractivity contribution in [1.29, 1.82) is 0 Å². The van der Waals surface area contributed by atoms with Gasteiger partial charge in [-0.3, -0.25) is 4.21 Å². The van der Waals surface area contributed by atoms with Crippen LogP contribution >= 0.6 is 0 Å². The predicted molar refractivity (Wildman–Crippen MR) is 43.3 cm³/mol. The molecule has 0 aromatic carbocycles. The molecule has 0 N–H and O–H groups in total. The topological polar surface area (TPSA) is 17.1 Å². The van der Waals surface area contributed by atoms with Gasteiger partial charge in [0.05, 0.1) is 0 Å². The third-order valence-corrected chi connectivity index (χ3v) is 4.62. The maximum Gasteiger partial charge on any atom is 0.0388 e. The Morgan fingerprint density at radius 3 is 2.30 bits per heavy atom.